The van der Waals surface area contributed by atoms with Gasteiger partial charge in [0, 0.05) is 31.5 Å². The second-order valence-corrected chi connectivity index (χ2v) is 5.86. The van der Waals surface area contributed by atoms with Gasteiger partial charge >= 0.3 is 5.97 Å². The third kappa shape index (κ3) is 6.07. The van der Waals surface area contributed by atoms with Gasteiger partial charge in [-0.3, -0.25) is 4.79 Å². The van der Waals surface area contributed by atoms with Crippen LogP contribution in [0.3, 0.4) is 0 Å². The van der Waals surface area contributed by atoms with Crippen LogP contribution < -0.4 is 15.0 Å². The fourth-order valence-electron chi connectivity index (χ4n) is 2.19. The van der Waals surface area contributed by atoms with Crippen LogP contribution in [0.2, 0.25) is 0 Å². The van der Waals surface area contributed by atoms with E-state index in [1.807, 2.05) is 31.1 Å². The van der Waals surface area contributed by atoms with Crippen LogP contribution in [0.5, 0.6) is 11.5 Å². The van der Waals surface area contributed by atoms with Crippen molar-refractivity contribution in [3.05, 3.63) is 54.1 Å². The van der Waals surface area contributed by atoms with E-state index >= 15 is 0 Å². The predicted octanol–water partition coefficient (Wildman–Crippen LogP) is 2.66. The number of carbonyl (C=O) groups excluding carboxylic acids is 2. The minimum absolute atomic E-state index is 0.00696. The molecule has 0 unspecified atom stereocenters. The Hall–Kier alpha value is -3.48. The molecule has 2 aromatic rings. The average molecular weight is 370 g/mol. The number of benzene rings is 2. The monoisotopic (exact) mass is 370 g/mol. The first-order valence-electron chi connectivity index (χ1n) is 8.18. The Morgan fingerprint density at radius 2 is 1.85 bits per heavy atom. The van der Waals surface area contributed by atoms with Crippen molar-refractivity contribution in [3.63, 3.8) is 0 Å². The molecule has 0 spiro atoms. The quantitative estimate of drug-likeness (QED) is 0.575. The summed E-state index contributed by atoms with van der Waals surface area (Å²) in [4.78, 5) is 25.6. The number of phenolic OH excluding ortho intramolecular Hbond substituents is 1. The Kier molecular flexibility index (Phi) is 6.82. The summed E-state index contributed by atoms with van der Waals surface area (Å²) >= 11 is 0. The lowest BCUT2D eigenvalue weighted by molar-refractivity contribution is -0.142. The van der Waals surface area contributed by atoms with E-state index in [2.05, 4.69) is 5.32 Å². The number of methoxy groups -OCH3 is 1. The van der Waals surface area contributed by atoms with Gasteiger partial charge in [0.05, 0.1) is 7.11 Å². The van der Waals surface area contributed by atoms with Gasteiger partial charge in [0.1, 0.15) is 0 Å². The summed E-state index contributed by atoms with van der Waals surface area (Å²) < 4.78 is 9.91. The third-order valence-corrected chi connectivity index (χ3v) is 3.63. The normalized spacial score (nSPS) is 10.5. The Morgan fingerprint density at radius 3 is 2.48 bits per heavy atom. The molecule has 2 rings (SSSR count). The molecule has 0 aliphatic heterocycles. The summed E-state index contributed by atoms with van der Waals surface area (Å²) in [6.45, 7) is -0.391. The summed E-state index contributed by atoms with van der Waals surface area (Å²) in [5, 5.41) is 12.2. The van der Waals surface area contributed by atoms with Crippen LogP contribution in [-0.2, 0) is 14.3 Å². The van der Waals surface area contributed by atoms with Gasteiger partial charge in [-0.1, -0.05) is 6.07 Å². The molecule has 0 atom stereocenters. The number of anilines is 2. The van der Waals surface area contributed by atoms with Crippen molar-refractivity contribution in [2.24, 2.45) is 0 Å². The van der Waals surface area contributed by atoms with Crippen LogP contribution in [-0.4, -0.2) is 44.8 Å². The van der Waals surface area contributed by atoms with Crippen LogP contribution >= 0.6 is 0 Å². The number of hydrogen-bond donors (Lipinski definition) is 2. The number of nitrogens with zero attached hydrogens (tertiary/aromatic N) is 1. The number of carbonyl (C=O) groups is 2. The first-order chi connectivity index (χ1) is 12.9. The lowest BCUT2D eigenvalue weighted by atomic mass is 10.2. The van der Waals surface area contributed by atoms with Crippen molar-refractivity contribution in [1.82, 2.24) is 0 Å². The highest BCUT2D eigenvalue weighted by atomic mass is 16.5. The van der Waals surface area contributed by atoms with Gasteiger partial charge < -0.3 is 24.8 Å². The molecule has 0 bridgehead atoms. The van der Waals surface area contributed by atoms with E-state index in [0.717, 1.165) is 5.69 Å². The highest BCUT2D eigenvalue weighted by Gasteiger charge is 2.07. The van der Waals surface area contributed by atoms with E-state index in [1.54, 1.807) is 24.3 Å². The molecular weight excluding hydrogens is 348 g/mol. The first kappa shape index (κ1) is 19.8. The molecule has 0 heterocycles. The van der Waals surface area contributed by atoms with Crippen LogP contribution in [0, 0.1) is 0 Å². The minimum atomic E-state index is -0.653. The minimum Gasteiger partial charge on any atom is -0.504 e. The third-order valence-electron chi connectivity index (χ3n) is 3.63. The second-order valence-electron chi connectivity index (χ2n) is 5.86. The summed E-state index contributed by atoms with van der Waals surface area (Å²) in [5.74, 6) is -0.779. The molecule has 0 aliphatic carbocycles. The molecule has 0 saturated heterocycles. The summed E-state index contributed by atoms with van der Waals surface area (Å²) in [7, 11) is 5.28. The summed E-state index contributed by atoms with van der Waals surface area (Å²) in [6, 6.07) is 11.9. The lowest BCUT2D eigenvalue weighted by Crippen LogP contribution is -2.20. The van der Waals surface area contributed by atoms with Crippen LogP contribution in [0.1, 0.15) is 5.56 Å². The van der Waals surface area contributed by atoms with Crippen LogP contribution in [0.15, 0.2) is 48.5 Å². The van der Waals surface area contributed by atoms with Crippen molar-refractivity contribution < 1.29 is 24.2 Å². The van der Waals surface area contributed by atoms with Crippen molar-refractivity contribution in [1.29, 1.82) is 0 Å². The number of ether oxygens (including phenoxy) is 2. The number of phenols is 1. The lowest BCUT2D eigenvalue weighted by Gasteiger charge is -2.13. The van der Waals surface area contributed by atoms with E-state index in [0.29, 0.717) is 17.0 Å². The number of rotatable bonds is 7. The van der Waals surface area contributed by atoms with Gasteiger partial charge in [-0.15, -0.1) is 0 Å². The molecule has 7 nitrogen and oxygen atoms in total. The molecule has 2 N–H and O–H groups in total. The van der Waals surface area contributed by atoms with Gasteiger partial charge in [-0.2, -0.15) is 0 Å². The van der Waals surface area contributed by atoms with Crippen LogP contribution in [0.4, 0.5) is 11.4 Å². The van der Waals surface area contributed by atoms with E-state index in [-0.39, 0.29) is 5.75 Å². The second kappa shape index (κ2) is 9.28. The number of aromatic hydroxyl groups is 1. The molecule has 2 aromatic carbocycles. The predicted molar refractivity (Wildman–Crippen MR) is 104 cm³/mol. The molecule has 142 valence electrons. The molecule has 0 saturated carbocycles. The van der Waals surface area contributed by atoms with Crippen LogP contribution in [0.25, 0.3) is 6.08 Å². The fourth-order valence-corrected chi connectivity index (χ4v) is 2.19. The highest BCUT2D eigenvalue weighted by molar-refractivity contribution is 5.94. The van der Waals surface area contributed by atoms with Gasteiger partial charge in [-0.05, 0) is 48.0 Å². The zero-order valence-electron chi connectivity index (χ0n) is 15.4. The van der Waals surface area contributed by atoms with E-state index in [1.165, 1.54) is 25.3 Å². The first-order valence-corrected chi connectivity index (χ1v) is 8.18. The maximum Gasteiger partial charge on any atom is 0.331 e. The Labute approximate surface area is 157 Å². The molecule has 0 aliphatic rings. The summed E-state index contributed by atoms with van der Waals surface area (Å²) in [5.41, 5.74) is 2.27. The van der Waals surface area contributed by atoms with Crippen molar-refractivity contribution in [2.75, 3.05) is 38.0 Å². The van der Waals surface area contributed by atoms with Gasteiger partial charge in [0.2, 0.25) is 0 Å². The van der Waals surface area contributed by atoms with E-state index < -0.39 is 18.5 Å². The number of amides is 1. The Balaban J connectivity index is 1.83. The number of esters is 1. The largest absolute Gasteiger partial charge is 0.504 e. The topological polar surface area (TPSA) is 88.1 Å². The van der Waals surface area contributed by atoms with Gasteiger partial charge in [-0.25, -0.2) is 4.79 Å². The van der Waals surface area contributed by atoms with Crippen molar-refractivity contribution in [3.8, 4) is 11.5 Å². The zero-order valence-corrected chi connectivity index (χ0v) is 15.4. The molecule has 0 fully saturated rings. The van der Waals surface area contributed by atoms with Crippen molar-refractivity contribution >= 4 is 29.3 Å². The molecule has 27 heavy (non-hydrogen) atoms. The molecular formula is C20H22N2O5. The number of hydrogen-bond acceptors (Lipinski definition) is 6. The molecule has 1 amide bonds. The Morgan fingerprint density at radius 1 is 1.15 bits per heavy atom. The van der Waals surface area contributed by atoms with E-state index in [4.69, 9.17) is 9.47 Å². The maximum atomic E-state index is 11.9. The zero-order chi connectivity index (χ0) is 19.8. The maximum absolute atomic E-state index is 11.9. The molecule has 7 heteroatoms. The standard InChI is InChI=1S/C20H22N2O5/c1-22(2)16-8-6-15(7-9-16)21-19(24)13-27-20(25)11-5-14-4-10-17(23)18(12-14)26-3/h4-12,23H,13H2,1-3H3,(H,21,24)/b11-5+. The van der Waals surface area contributed by atoms with E-state index in [9.17, 15) is 14.7 Å². The van der Waals surface area contributed by atoms with Gasteiger partial charge in [0.15, 0.2) is 18.1 Å². The SMILES string of the molecule is COc1cc(/C=C/C(=O)OCC(=O)Nc2ccc(N(C)C)cc2)ccc1O. The number of nitrogens with one attached hydrogen (secondary N) is 1. The molecule has 0 radical (unpaired) electrons. The summed E-state index contributed by atoms with van der Waals surface area (Å²) in [6.07, 6.45) is 2.70. The fraction of sp³-hybridized carbons (Fsp3) is 0.200. The highest BCUT2D eigenvalue weighted by Crippen LogP contribution is 2.26. The average Bonchev–Trinajstić information content (AvgIpc) is 2.66. The smallest absolute Gasteiger partial charge is 0.331 e. The van der Waals surface area contributed by atoms with Crippen molar-refractivity contribution in [2.45, 2.75) is 0 Å². The van der Waals surface area contributed by atoms with Gasteiger partial charge in [0.25, 0.3) is 5.91 Å². The Bertz CT molecular complexity index is 829. The molecule has 0 aromatic heterocycles.